The normalized spacial score (nSPS) is 22.6. The second-order valence-electron chi connectivity index (χ2n) is 7.50. The molecule has 3 aromatic carbocycles. The molecule has 1 aromatic heterocycles. The minimum Gasteiger partial charge on any atom is -0.489 e. The Morgan fingerprint density at radius 3 is 2.62 bits per heavy atom. The molecule has 5 heteroatoms. The van der Waals surface area contributed by atoms with Gasteiger partial charge in [-0.25, -0.2) is 4.98 Å². The fraction of sp³-hybridized carbons (Fsp3) is 0.208. The van der Waals surface area contributed by atoms with Crippen molar-refractivity contribution in [2.24, 2.45) is 0 Å². The second kappa shape index (κ2) is 6.44. The summed E-state index contributed by atoms with van der Waals surface area (Å²) in [6.45, 7) is 1.86. The first-order chi connectivity index (χ1) is 14.3. The van der Waals surface area contributed by atoms with Gasteiger partial charge in [0, 0.05) is 5.56 Å². The molecule has 2 bridgehead atoms. The SMILES string of the molecule is c1ccc(COc2ccc(C34OCC(Cn5c3nc3ccccc35)O4)cc2)cc1. The van der Waals surface area contributed by atoms with Crippen molar-refractivity contribution >= 4 is 11.0 Å². The van der Waals surface area contributed by atoms with Crippen LogP contribution >= 0.6 is 0 Å². The molecule has 3 heterocycles. The van der Waals surface area contributed by atoms with Crippen molar-refractivity contribution in [3.63, 3.8) is 0 Å². The van der Waals surface area contributed by atoms with Crippen molar-refractivity contribution in [3.05, 3.63) is 95.8 Å². The summed E-state index contributed by atoms with van der Waals surface area (Å²) in [5.41, 5.74) is 4.16. The van der Waals surface area contributed by atoms with E-state index in [4.69, 9.17) is 19.2 Å². The molecule has 29 heavy (non-hydrogen) atoms. The number of hydrogen-bond donors (Lipinski definition) is 0. The molecule has 0 spiro atoms. The summed E-state index contributed by atoms with van der Waals surface area (Å²) in [7, 11) is 0. The number of rotatable bonds is 4. The van der Waals surface area contributed by atoms with Gasteiger partial charge < -0.3 is 18.8 Å². The second-order valence-corrected chi connectivity index (χ2v) is 7.50. The van der Waals surface area contributed by atoms with Gasteiger partial charge in [0.2, 0.25) is 0 Å². The zero-order valence-electron chi connectivity index (χ0n) is 15.8. The lowest BCUT2D eigenvalue weighted by atomic mass is 10.0. The Balaban J connectivity index is 1.34. The lowest BCUT2D eigenvalue weighted by Gasteiger charge is -2.32. The first-order valence-electron chi connectivity index (χ1n) is 9.87. The summed E-state index contributed by atoms with van der Waals surface area (Å²) in [4.78, 5) is 4.86. The van der Waals surface area contributed by atoms with Crippen molar-refractivity contribution in [2.75, 3.05) is 6.61 Å². The third-order valence-corrected chi connectivity index (χ3v) is 5.62. The number of aromatic nitrogens is 2. The van der Waals surface area contributed by atoms with Crippen molar-refractivity contribution in [1.82, 2.24) is 9.55 Å². The minimum absolute atomic E-state index is 0.0223. The maximum absolute atomic E-state index is 6.35. The molecule has 0 radical (unpaired) electrons. The average Bonchev–Trinajstić information content (AvgIpc) is 3.34. The van der Waals surface area contributed by atoms with Crippen LogP contribution in [0.5, 0.6) is 5.75 Å². The Hall–Kier alpha value is -3.15. The molecule has 0 amide bonds. The Kier molecular flexibility index (Phi) is 3.72. The molecule has 1 saturated heterocycles. The third kappa shape index (κ3) is 2.66. The largest absolute Gasteiger partial charge is 0.489 e. The van der Waals surface area contributed by atoms with E-state index in [2.05, 4.69) is 22.8 Å². The first kappa shape index (κ1) is 16.8. The lowest BCUT2D eigenvalue weighted by Crippen LogP contribution is -2.38. The molecule has 2 aliphatic heterocycles. The van der Waals surface area contributed by atoms with E-state index in [1.54, 1.807) is 0 Å². The molecule has 2 aliphatic rings. The van der Waals surface area contributed by atoms with Crippen LogP contribution in [-0.4, -0.2) is 22.3 Å². The number of nitrogens with zero attached hydrogens (tertiary/aromatic N) is 2. The summed E-state index contributed by atoms with van der Waals surface area (Å²) in [5, 5.41) is 0. The topological polar surface area (TPSA) is 45.5 Å². The molecule has 2 unspecified atom stereocenters. The molecule has 0 saturated carbocycles. The Morgan fingerprint density at radius 1 is 0.966 bits per heavy atom. The van der Waals surface area contributed by atoms with Crippen molar-refractivity contribution in [1.29, 1.82) is 0 Å². The summed E-state index contributed by atoms with van der Waals surface area (Å²) >= 11 is 0. The Bertz CT molecular complexity index is 1170. The van der Waals surface area contributed by atoms with Crippen LogP contribution in [0.1, 0.15) is 17.0 Å². The van der Waals surface area contributed by atoms with E-state index in [0.29, 0.717) is 13.2 Å². The van der Waals surface area contributed by atoms with Gasteiger partial charge in [0.05, 0.1) is 24.2 Å². The van der Waals surface area contributed by atoms with E-state index in [-0.39, 0.29) is 6.10 Å². The molecule has 1 fully saturated rings. The molecular weight excluding hydrogens is 364 g/mol. The van der Waals surface area contributed by atoms with E-state index >= 15 is 0 Å². The standard InChI is InChI=1S/C24H20N2O3/c1-2-6-17(7-3-1)15-27-19-12-10-18(11-13-19)24-23-25-21-8-4-5-9-22(21)26(23)14-20(29-24)16-28-24/h1-13,20H,14-16H2. The van der Waals surface area contributed by atoms with Gasteiger partial charge in [0.1, 0.15) is 18.5 Å². The van der Waals surface area contributed by atoms with E-state index < -0.39 is 5.79 Å². The predicted octanol–water partition coefficient (Wildman–Crippen LogP) is 4.25. The fourth-order valence-electron chi connectivity index (χ4n) is 4.23. The van der Waals surface area contributed by atoms with E-state index in [1.165, 1.54) is 0 Å². The number of hydrogen-bond acceptors (Lipinski definition) is 4. The van der Waals surface area contributed by atoms with E-state index in [1.807, 2.05) is 60.7 Å². The maximum atomic E-state index is 6.35. The van der Waals surface area contributed by atoms with Crippen LogP contribution in [0, 0.1) is 0 Å². The highest BCUT2D eigenvalue weighted by Gasteiger charge is 2.52. The molecular formula is C24H20N2O3. The molecule has 5 nitrogen and oxygen atoms in total. The highest BCUT2D eigenvalue weighted by molar-refractivity contribution is 5.76. The maximum Gasteiger partial charge on any atom is 0.256 e. The van der Waals surface area contributed by atoms with Crippen LogP contribution in [0.15, 0.2) is 78.9 Å². The van der Waals surface area contributed by atoms with Crippen molar-refractivity contribution < 1.29 is 14.2 Å². The van der Waals surface area contributed by atoms with E-state index in [9.17, 15) is 0 Å². The van der Waals surface area contributed by atoms with Crippen LogP contribution < -0.4 is 4.74 Å². The predicted molar refractivity (Wildman–Crippen MR) is 109 cm³/mol. The van der Waals surface area contributed by atoms with Crippen LogP contribution in [0.4, 0.5) is 0 Å². The summed E-state index contributed by atoms with van der Waals surface area (Å²) < 4.78 is 20.7. The number of benzene rings is 3. The molecule has 2 atom stereocenters. The highest BCUT2D eigenvalue weighted by atomic mass is 16.7. The molecule has 0 aliphatic carbocycles. The van der Waals surface area contributed by atoms with Gasteiger partial charge in [0.25, 0.3) is 5.79 Å². The summed E-state index contributed by atoms with van der Waals surface area (Å²) in [6.07, 6.45) is 0.0223. The monoisotopic (exact) mass is 384 g/mol. The number of ether oxygens (including phenoxy) is 3. The van der Waals surface area contributed by atoms with Crippen LogP contribution in [0.2, 0.25) is 0 Å². The molecule has 0 N–H and O–H groups in total. The van der Waals surface area contributed by atoms with Gasteiger partial charge >= 0.3 is 0 Å². The molecule has 4 aromatic rings. The Morgan fingerprint density at radius 2 is 1.76 bits per heavy atom. The lowest BCUT2D eigenvalue weighted by molar-refractivity contribution is -0.162. The first-order valence-corrected chi connectivity index (χ1v) is 9.87. The zero-order valence-corrected chi connectivity index (χ0v) is 15.8. The van der Waals surface area contributed by atoms with Gasteiger partial charge in [-0.1, -0.05) is 42.5 Å². The smallest absolute Gasteiger partial charge is 0.256 e. The van der Waals surface area contributed by atoms with Gasteiger partial charge in [-0.2, -0.15) is 0 Å². The summed E-state index contributed by atoms with van der Waals surface area (Å²) in [5.74, 6) is 0.665. The zero-order chi connectivity index (χ0) is 19.3. The van der Waals surface area contributed by atoms with Gasteiger partial charge in [-0.3, -0.25) is 0 Å². The Labute approximate surface area is 168 Å². The van der Waals surface area contributed by atoms with Gasteiger partial charge in [-0.05, 0) is 42.0 Å². The van der Waals surface area contributed by atoms with Crippen molar-refractivity contribution in [3.8, 4) is 5.75 Å². The van der Waals surface area contributed by atoms with Crippen LogP contribution in [0.25, 0.3) is 11.0 Å². The summed E-state index contributed by atoms with van der Waals surface area (Å²) in [6, 6.07) is 26.3. The van der Waals surface area contributed by atoms with Gasteiger partial charge in [-0.15, -0.1) is 0 Å². The average molecular weight is 384 g/mol. The molecule has 144 valence electrons. The minimum atomic E-state index is -0.958. The number of imidazole rings is 1. The van der Waals surface area contributed by atoms with Gasteiger partial charge in [0.15, 0.2) is 5.82 Å². The number of fused-ring (bicyclic) bond motifs is 6. The third-order valence-electron chi connectivity index (χ3n) is 5.62. The van der Waals surface area contributed by atoms with Crippen molar-refractivity contribution in [2.45, 2.75) is 25.0 Å². The van der Waals surface area contributed by atoms with Crippen LogP contribution in [-0.2, 0) is 28.4 Å². The fourth-order valence-corrected chi connectivity index (χ4v) is 4.23. The van der Waals surface area contributed by atoms with Crippen LogP contribution in [0.3, 0.4) is 0 Å². The highest BCUT2D eigenvalue weighted by Crippen LogP contribution is 2.45. The van der Waals surface area contributed by atoms with E-state index in [0.717, 1.165) is 40.3 Å². The molecule has 6 rings (SSSR count). The number of para-hydroxylation sites is 2. The quantitative estimate of drug-likeness (QED) is 0.528.